The van der Waals surface area contributed by atoms with Gasteiger partial charge in [-0.2, -0.15) is 0 Å². The van der Waals surface area contributed by atoms with Crippen LogP contribution in [-0.4, -0.2) is 19.7 Å². The van der Waals surface area contributed by atoms with Gasteiger partial charge in [0.05, 0.1) is 5.69 Å². The number of rotatable bonds is 2. The van der Waals surface area contributed by atoms with Gasteiger partial charge in [-0.1, -0.05) is 23.8 Å². The molecule has 5 heteroatoms. The molecule has 23 heavy (non-hydrogen) atoms. The minimum Gasteiger partial charge on any atom is -0.443 e. The number of benzene rings is 2. The van der Waals surface area contributed by atoms with Gasteiger partial charge < -0.3 is 4.42 Å². The zero-order chi connectivity index (χ0) is 16.0. The Morgan fingerprint density at radius 3 is 2.61 bits per heavy atom. The van der Waals surface area contributed by atoms with Crippen LogP contribution in [0.4, 0.5) is 0 Å². The van der Waals surface area contributed by atoms with Gasteiger partial charge in [0.2, 0.25) is 0 Å². The summed E-state index contributed by atoms with van der Waals surface area (Å²) in [5.41, 5.74) is 7.19. The average molecular weight is 304 g/mol. The summed E-state index contributed by atoms with van der Waals surface area (Å²) >= 11 is 0. The first-order valence-electron chi connectivity index (χ1n) is 7.46. The first-order chi connectivity index (χ1) is 11.1. The summed E-state index contributed by atoms with van der Waals surface area (Å²) in [6.07, 6.45) is 3.20. The highest BCUT2D eigenvalue weighted by molar-refractivity contribution is 5.88. The monoisotopic (exact) mass is 304 g/mol. The van der Waals surface area contributed by atoms with Crippen molar-refractivity contribution in [3.05, 3.63) is 59.7 Å². The fraction of sp³-hybridized carbons (Fsp3) is 0.167. The van der Waals surface area contributed by atoms with Crippen molar-refractivity contribution < 1.29 is 4.42 Å². The van der Waals surface area contributed by atoms with Gasteiger partial charge in [0.15, 0.2) is 17.8 Å². The van der Waals surface area contributed by atoms with Crippen LogP contribution in [0.5, 0.6) is 0 Å². The molecule has 5 nitrogen and oxygen atoms in total. The number of hydrogen-bond acceptors (Lipinski definition) is 4. The molecule has 0 N–H and O–H groups in total. The first kappa shape index (κ1) is 13.7. The Morgan fingerprint density at radius 1 is 1.04 bits per heavy atom. The molecule has 2 aromatic carbocycles. The minimum absolute atomic E-state index is 0.745. The molecule has 0 spiro atoms. The molecule has 0 aliphatic rings. The van der Waals surface area contributed by atoms with E-state index < -0.39 is 0 Å². The highest BCUT2D eigenvalue weighted by Gasteiger charge is 2.16. The quantitative estimate of drug-likeness (QED) is 0.561. The Kier molecular flexibility index (Phi) is 3.01. The molecule has 0 radical (unpaired) electrons. The largest absolute Gasteiger partial charge is 0.443 e. The summed E-state index contributed by atoms with van der Waals surface area (Å²) in [5, 5.41) is 8.45. The van der Waals surface area contributed by atoms with E-state index in [2.05, 4.69) is 48.1 Å². The number of oxazole rings is 1. The van der Waals surface area contributed by atoms with Crippen molar-refractivity contribution in [3.63, 3.8) is 0 Å². The van der Waals surface area contributed by atoms with Crippen LogP contribution in [0, 0.1) is 20.8 Å². The molecule has 0 aliphatic heterocycles. The Bertz CT molecular complexity index is 990. The molecule has 0 unspecified atom stereocenters. The molecule has 114 valence electrons. The SMILES string of the molecule is Cc1cc(C)c(-n2cnnc2-c2cccc3ocnc23)c(C)c1. The number of aryl methyl sites for hydroxylation is 3. The normalized spacial score (nSPS) is 11.3. The molecular formula is C18H16N4O. The number of fused-ring (bicyclic) bond motifs is 1. The molecule has 0 saturated heterocycles. The summed E-state index contributed by atoms with van der Waals surface area (Å²) in [5.74, 6) is 0.763. The fourth-order valence-electron chi connectivity index (χ4n) is 3.20. The standard InChI is InChI=1S/C18H16N4O/c1-11-7-12(2)17(13(3)8-11)22-9-20-21-18(22)14-5-4-6-15-16(14)19-10-23-15/h4-10H,1-3H3. The number of hydrogen-bond donors (Lipinski definition) is 0. The molecule has 4 rings (SSSR count). The average Bonchev–Trinajstić information content (AvgIpc) is 3.14. The third-order valence-corrected chi connectivity index (χ3v) is 4.03. The van der Waals surface area contributed by atoms with Crippen molar-refractivity contribution >= 4 is 11.1 Å². The Labute approximate surface area is 133 Å². The van der Waals surface area contributed by atoms with E-state index in [1.807, 2.05) is 22.8 Å². The second kappa shape index (κ2) is 5.05. The van der Waals surface area contributed by atoms with Gasteiger partial charge in [0.25, 0.3) is 0 Å². The van der Waals surface area contributed by atoms with Crippen LogP contribution in [0.2, 0.25) is 0 Å². The van der Waals surface area contributed by atoms with Crippen LogP contribution < -0.4 is 0 Å². The molecule has 0 atom stereocenters. The van der Waals surface area contributed by atoms with Crippen LogP contribution >= 0.6 is 0 Å². The maximum Gasteiger partial charge on any atom is 0.182 e. The van der Waals surface area contributed by atoms with E-state index in [0.29, 0.717) is 0 Å². The van der Waals surface area contributed by atoms with Crippen molar-refractivity contribution in [1.29, 1.82) is 0 Å². The maximum atomic E-state index is 5.40. The predicted octanol–water partition coefficient (Wildman–Crippen LogP) is 4.00. The Morgan fingerprint density at radius 2 is 1.83 bits per heavy atom. The highest BCUT2D eigenvalue weighted by Crippen LogP contribution is 2.30. The Hall–Kier alpha value is -2.95. The van der Waals surface area contributed by atoms with E-state index in [9.17, 15) is 0 Å². The summed E-state index contributed by atoms with van der Waals surface area (Å²) < 4.78 is 7.42. The highest BCUT2D eigenvalue weighted by atomic mass is 16.3. The lowest BCUT2D eigenvalue weighted by Crippen LogP contribution is -2.02. The van der Waals surface area contributed by atoms with Crippen molar-refractivity contribution in [1.82, 2.24) is 19.7 Å². The molecular weight excluding hydrogens is 288 g/mol. The fourth-order valence-corrected chi connectivity index (χ4v) is 3.20. The lowest BCUT2D eigenvalue weighted by Gasteiger charge is -2.14. The first-order valence-corrected chi connectivity index (χ1v) is 7.46. The summed E-state index contributed by atoms with van der Waals surface area (Å²) in [6, 6.07) is 10.2. The Balaban J connectivity index is 1.99. The van der Waals surface area contributed by atoms with E-state index in [0.717, 1.165) is 28.2 Å². The number of para-hydroxylation sites is 1. The van der Waals surface area contributed by atoms with Gasteiger partial charge >= 0.3 is 0 Å². The second-order valence-corrected chi connectivity index (χ2v) is 5.78. The summed E-state index contributed by atoms with van der Waals surface area (Å²) in [4.78, 5) is 4.32. The minimum atomic E-state index is 0.745. The van der Waals surface area contributed by atoms with Crippen molar-refractivity contribution in [2.24, 2.45) is 0 Å². The lowest BCUT2D eigenvalue weighted by molar-refractivity contribution is 0.602. The lowest BCUT2D eigenvalue weighted by atomic mass is 10.0. The van der Waals surface area contributed by atoms with Crippen molar-refractivity contribution in [3.8, 4) is 17.1 Å². The van der Waals surface area contributed by atoms with Crippen LogP contribution in [0.3, 0.4) is 0 Å². The number of aromatic nitrogens is 4. The van der Waals surface area contributed by atoms with Gasteiger partial charge in [0.1, 0.15) is 11.8 Å². The molecule has 0 bridgehead atoms. The smallest absolute Gasteiger partial charge is 0.182 e. The molecule has 0 amide bonds. The van der Waals surface area contributed by atoms with E-state index in [-0.39, 0.29) is 0 Å². The summed E-state index contributed by atoms with van der Waals surface area (Å²) in [7, 11) is 0. The maximum absolute atomic E-state index is 5.40. The van der Waals surface area contributed by atoms with Crippen molar-refractivity contribution in [2.75, 3.05) is 0 Å². The van der Waals surface area contributed by atoms with Gasteiger partial charge in [-0.05, 0) is 44.0 Å². The molecule has 2 aromatic heterocycles. The molecule has 2 heterocycles. The molecule has 0 fully saturated rings. The van der Waals surface area contributed by atoms with Crippen LogP contribution in [-0.2, 0) is 0 Å². The second-order valence-electron chi connectivity index (χ2n) is 5.78. The van der Waals surface area contributed by atoms with Gasteiger partial charge in [0, 0.05) is 5.56 Å². The van der Waals surface area contributed by atoms with Crippen LogP contribution in [0.15, 0.2) is 47.5 Å². The molecule has 0 saturated carbocycles. The third kappa shape index (κ3) is 2.12. The molecule has 4 aromatic rings. The van der Waals surface area contributed by atoms with E-state index in [1.165, 1.54) is 23.1 Å². The van der Waals surface area contributed by atoms with Crippen molar-refractivity contribution in [2.45, 2.75) is 20.8 Å². The van der Waals surface area contributed by atoms with Gasteiger partial charge in [-0.15, -0.1) is 10.2 Å². The van der Waals surface area contributed by atoms with Gasteiger partial charge in [-0.25, -0.2) is 4.98 Å². The third-order valence-electron chi connectivity index (χ3n) is 4.03. The number of nitrogens with zero attached hydrogens (tertiary/aromatic N) is 4. The molecule has 0 aliphatic carbocycles. The summed E-state index contributed by atoms with van der Waals surface area (Å²) in [6.45, 7) is 6.32. The van der Waals surface area contributed by atoms with Crippen LogP contribution in [0.1, 0.15) is 16.7 Å². The zero-order valence-corrected chi connectivity index (χ0v) is 13.2. The predicted molar refractivity (Wildman–Crippen MR) is 88.6 cm³/mol. The van der Waals surface area contributed by atoms with E-state index in [4.69, 9.17) is 4.42 Å². The van der Waals surface area contributed by atoms with E-state index >= 15 is 0 Å². The zero-order valence-electron chi connectivity index (χ0n) is 13.2. The van der Waals surface area contributed by atoms with E-state index in [1.54, 1.807) is 6.33 Å². The van der Waals surface area contributed by atoms with Crippen LogP contribution in [0.25, 0.3) is 28.2 Å². The topological polar surface area (TPSA) is 56.7 Å². The van der Waals surface area contributed by atoms with Gasteiger partial charge in [-0.3, -0.25) is 4.57 Å².